The molecule has 0 radical (unpaired) electrons. The summed E-state index contributed by atoms with van der Waals surface area (Å²) in [7, 11) is 0. The number of hydrogen-bond donors (Lipinski definition) is 3. The molecule has 3 aromatic carbocycles. The van der Waals surface area contributed by atoms with Gasteiger partial charge in [0.15, 0.2) is 17.4 Å². The first-order valence-electron chi connectivity index (χ1n) is 12.4. The number of alkyl halides is 9. The standard InChI is InChI=1S/C10H11F3O2.C10H7F3O2.C7H4F3IO.C3H4O.Al.Li.4H/c2*11-10(12,13)15-9-5-1-3-8(7-9)4-2-6-14;8-7(9,10)12-6-3-1-2-5(11)4-6;1-2-3-4;;;;;;/h1,3,5,7,14H,2,4,6H2;1,3,5,7,14H,6H2;1-4H;1,4H,3H2;;;;;;/q;;;;;+1;;;;-1. The summed E-state index contributed by atoms with van der Waals surface area (Å²) in [5.74, 6) is 6.05. The van der Waals surface area contributed by atoms with Crippen LogP contribution >= 0.6 is 22.6 Å². The molecule has 0 heterocycles. The van der Waals surface area contributed by atoms with E-state index in [2.05, 4.69) is 32.5 Å². The number of terminal acetylenes is 1. The van der Waals surface area contributed by atoms with Gasteiger partial charge in [0.2, 0.25) is 0 Å². The molecule has 48 heavy (non-hydrogen) atoms. The molecular formula is C30H30AlF9ILiO6. The van der Waals surface area contributed by atoms with Gasteiger partial charge >= 0.3 is 37.9 Å². The first-order chi connectivity index (χ1) is 21.4. The minimum Gasteiger partial charge on any atom is -1.00 e. The molecular weight excluding hydrogens is 788 g/mol. The normalized spacial score (nSPS) is 10.1. The van der Waals surface area contributed by atoms with Crippen LogP contribution in [0.1, 0.15) is 19.0 Å². The Bertz CT molecular complexity index is 1410. The Morgan fingerprint density at radius 2 is 1.12 bits per heavy atom. The molecule has 3 rings (SSSR count). The molecule has 18 heteroatoms. The Kier molecular flexibility index (Phi) is 27.1. The zero-order valence-electron chi connectivity index (χ0n) is 25.4. The molecule has 0 bridgehead atoms. The van der Waals surface area contributed by atoms with Crippen LogP contribution in [-0.2, 0) is 6.42 Å². The SMILES string of the molecule is C#CCO.FC(F)(F)Oc1cccc(I)c1.OCC#Cc1cccc(OC(F)(F)F)c1.OCCCc1cccc(OC(F)(F)F)c1.[AlH3].[H-].[Li+]. The van der Waals surface area contributed by atoms with E-state index in [0.717, 1.165) is 6.07 Å². The van der Waals surface area contributed by atoms with Crippen molar-refractivity contribution in [2.24, 2.45) is 0 Å². The monoisotopic (exact) mass is 818 g/mol. The number of ether oxygens (including phenoxy) is 3. The zero-order chi connectivity index (χ0) is 35.2. The quantitative estimate of drug-likeness (QED) is 0.154. The van der Waals surface area contributed by atoms with Crippen molar-refractivity contribution in [1.82, 2.24) is 0 Å². The third-order valence-electron chi connectivity index (χ3n) is 4.26. The maximum atomic E-state index is 11.9. The number of aliphatic hydroxyl groups is 3. The molecule has 0 aliphatic carbocycles. The van der Waals surface area contributed by atoms with Gasteiger partial charge in [0, 0.05) is 15.7 Å². The first kappa shape index (κ1) is 49.7. The summed E-state index contributed by atoms with van der Waals surface area (Å²) < 4.78 is 118. The van der Waals surface area contributed by atoms with Gasteiger partial charge in [0.25, 0.3) is 0 Å². The predicted octanol–water partition coefficient (Wildman–Crippen LogP) is 3.17. The maximum absolute atomic E-state index is 11.9. The third kappa shape index (κ3) is 29.4. The summed E-state index contributed by atoms with van der Waals surface area (Å²) in [6.07, 6.45) is -8.38. The fraction of sp³-hybridized carbons (Fsp3) is 0.267. The van der Waals surface area contributed by atoms with Crippen LogP contribution in [0, 0.1) is 27.8 Å². The number of aliphatic hydroxyl groups excluding tert-OH is 3. The minimum atomic E-state index is -4.71. The van der Waals surface area contributed by atoms with Gasteiger partial charge in [-0.1, -0.05) is 42.0 Å². The average molecular weight is 818 g/mol. The van der Waals surface area contributed by atoms with E-state index in [4.69, 9.17) is 15.3 Å². The smallest absolute Gasteiger partial charge is 1.00 e. The molecule has 0 aliphatic rings. The maximum Gasteiger partial charge on any atom is 1.00 e. The van der Waals surface area contributed by atoms with Crippen LogP contribution in [0.4, 0.5) is 39.5 Å². The van der Waals surface area contributed by atoms with E-state index in [9.17, 15) is 39.5 Å². The molecule has 0 amide bonds. The summed E-state index contributed by atoms with van der Waals surface area (Å²) in [6, 6.07) is 16.8. The van der Waals surface area contributed by atoms with E-state index in [1.807, 2.05) is 28.5 Å². The molecule has 0 saturated heterocycles. The number of aryl methyl sites for hydroxylation is 1. The van der Waals surface area contributed by atoms with Crippen molar-refractivity contribution in [3.8, 4) is 41.4 Å². The number of halogens is 10. The molecule has 0 saturated carbocycles. The molecule has 6 nitrogen and oxygen atoms in total. The van der Waals surface area contributed by atoms with Gasteiger partial charge in [-0.25, -0.2) is 0 Å². The van der Waals surface area contributed by atoms with Crippen LogP contribution in [0.3, 0.4) is 0 Å². The predicted molar refractivity (Wildman–Crippen MR) is 168 cm³/mol. The van der Waals surface area contributed by atoms with Crippen molar-refractivity contribution in [2.45, 2.75) is 31.9 Å². The van der Waals surface area contributed by atoms with Gasteiger partial charge < -0.3 is 31.0 Å². The van der Waals surface area contributed by atoms with Crippen LogP contribution in [-0.4, -0.2) is 71.6 Å². The number of benzene rings is 3. The second-order valence-electron chi connectivity index (χ2n) is 7.93. The Morgan fingerprint density at radius 3 is 1.54 bits per heavy atom. The second-order valence-corrected chi connectivity index (χ2v) is 9.17. The van der Waals surface area contributed by atoms with E-state index in [-0.39, 0.29) is 74.7 Å². The van der Waals surface area contributed by atoms with Gasteiger partial charge in [-0.2, -0.15) is 0 Å². The fourth-order valence-electron chi connectivity index (χ4n) is 2.76. The summed E-state index contributed by atoms with van der Waals surface area (Å²) in [5.41, 5.74) is 1.07. The van der Waals surface area contributed by atoms with Crippen molar-refractivity contribution < 1.29 is 89.3 Å². The third-order valence-corrected chi connectivity index (χ3v) is 4.93. The van der Waals surface area contributed by atoms with Gasteiger partial charge in [0.1, 0.15) is 30.5 Å². The fourth-order valence-corrected chi connectivity index (χ4v) is 3.27. The largest absolute Gasteiger partial charge is 1.00 e. The van der Waals surface area contributed by atoms with Crippen LogP contribution in [0.25, 0.3) is 0 Å². The van der Waals surface area contributed by atoms with Crippen molar-refractivity contribution in [1.29, 1.82) is 0 Å². The van der Waals surface area contributed by atoms with Gasteiger partial charge in [-0.15, -0.1) is 45.9 Å². The Balaban J connectivity index is -0.000000287. The zero-order valence-corrected chi connectivity index (χ0v) is 26.5. The Labute approximate surface area is 308 Å². The van der Waals surface area contributed by atoms with Gasteiger partial charge in [-0.3, -0.25) is 0 Å². The van der Waals surface area contributed by atoms with E-state index < -0.39 is 19.1 Å². The molecule has 0 atom stereocenters. The average Bonchev–Trinajstić information content (AvgIpc) is 2.93. The molecule has 260 valence electrons. The Hall–Kier alpha value is -2.71. The summed E-state index contributed by atoms with van der Waals surface area (Å²) in [6.45, 7) is -0.477. The minimum absolute atomic E-state index is 0. The van der Waals surface area contributed by atoms with E-state index in [0.29, 0.717) is 27.5 Å². The van der Waals surface area contributed by atoms with Crippen LogP contribution < -0.4 is 33.1 Å². The van der Waals surface area contributed by atoms with Crippen molar-refractivity contribution in [3.05, 3.63) is 87.5 Å². The van der Waals surface area contributed by atoms with Crippen LogP contribution in [0.15, 0.2) is 72.8 Å². The van der Waals surface area contributed by atoms with Gasteiger partial charge in [0.05, 0.1) is 0 Å². The van der Waals surface area contributed by atoms with Crippen LogP contribution in [0.5, 0.6) is 17.2 Å². The Morgan fingerprint density at radius 1 is 0.688 bits per heavy atom. The van der Waals surface area contributed by atoms with E-state index >= 15 is 0 Å². The summed E-state index contributed by atoms with van der Waals surface area (Å²) in [4.78, 5) is 0. The summed E-state index contributed by atoms with van der Waals surface area (Å²) >= 11 is 1.91. The molecule has 3 aromatic rings. The molecule has 0 aliphatic heterocycles. The van der Waals surface area contributed by atoms with Crippen molar-refractivity contribution >= 4 is 40.0 Å². The van der Waals surface area contributed by atoms with Crippen molar-refractivity contribution in [2.75, 3.05) is 19.8 Å². The van der Waals surface area contributed by atoms with E-state index in [1.165, 1.54) is 54.6 Å². The molecule has 0 spiro atoms. The summed E-state index contributed by atoms with van der Waals surface area (Å²) in [5, 5.41) is 24.6. The molecule has 0 fully saturated rings. The molecule has 0 unspecified atom stereocenters. The molecule has 0 aromatic heterocycles. The number of hydrogen-bond acceptors (Lipinski definition) is 6. The molecule has 3 N–H and O–H groups in total. The van der Waals surface area contributed by atoms with E-state index in [1.54, 1.807) is 12.1 Å². The number of rotatable bonds is 6. The van der Waals surface area contributed by atoms with Crippen molar-refractivity contribution in [3.63, 3.8) is 0 Å². The first-order valence-corrected chi connectivity index (χ1v) is 13.5. The topological polar surface area (TPSA) is 88.4 Å². The van der Waals surface area contributed by atoms with Crippen LogP contribution in [0.2, 0.25) is 0 Å². The second kappa shape index (κ2) is 26.2. The van der Waals surface area contributed by atoms with Gasteiger partial charge in [-0.05, 0) is 89.5 Å².